The standard InChI is InChI=1S/C17H21FO7/c1-3-16(19)23-10-8-21-6-7-22-9-11-24-17(20)25-15-5-4-13(2)12-14(15)18/h3-5,12H,1,6-11H2,2H3. The van der Waals surface area contributed by atoms with Crippen molar-refractivity contribution in [3.63, 3.8) is 0 Å². The van der Waals surface area contributed by atoms with Gasteiger partial charge in [0.2, 0.25) is 0 Å². The molecule has 0 saturated carbocycles. The Hall–Kier alpha value is -2.45. The van der Waals surface area contributed by atoms with Gasteiger partial charge in [-0.15, -0.1) is 0 Å². The van der Waals surface area contributed by atoms with Crippen LogP contribution in [0.2, 0.25) is 0 Å². The molecular formula is C17H21FO7. The zero-order chi connectivity index (χ0) is 18.5. The zero-order valence-corrected chi connectivity index (χ0v) is 14.0. The molecule has 0 N–H and O–H groups in total. The largest absolute Gasteiger partial charge is 0.514 e. The van der Waals surface area contributed by atoms with Crippen molar-refractivity contribution >= 4 is 12.1 Å². The van der Waals surface area contributed by atoms with Crippen molar-refractivity contribution in [2.45, 2.75) is 6.92 Å². The van der Waals surface area contributed by atoms with Crippen LogP contribution < -0.4 is 4.74 Å². The van der Waals surface area contributed by atoms with Crippen molar-refractivity contribution in [3.8, 4) is 5.75 Å². The van der Waals surface area contributed by atoms with Crippen LogP contribution in [-0.2, 0) is 23.7 Å². The van der Waals surface area contributed by atoms with Crippen LogP contribution in [0.25, 0.3) is 0 Å². The fourth-order valence-electron chi connectivity index (χ4n) is 1.57. The molecule has 0 amide bonds. The molecule has 0 aliphatic rings. The Labute approximate surface area is 145 Å². The lowest BCUT2D eigenvalue weighted by Gasteiger charge is -2.08. The first kappa shape index (κ1) is 20.6. The SMILES string of the molecule is C=CC(=O)OCCOCCOCCOC(=O)Oc1ccc(C)cc1F. The van der Waals surface area contributed by atoms with Gasteiger partial charge in [0.1, 0.15) is 13.2 Å². The lowest BCUT2D eigenvalue weighted by molar-refractivity contribution is -0.139. The number of hydrogen-bond acceptors (Lipinski definition) is 7. The van der Waals surface area contributed by atoms with Gasteiger partial charge >= 0.3 is 12.1 Å². The number of aryl methyl sites for hydroxylation is 1. The third-order valence-electron chi connectivity index (χ3n) is 2.74. The van der Waals surface area contributed by atoms with E-state index in [9.17, 15) is 14.0 Å². The van der Waals surface area contributed by atoms with E-state index in [-0.39, 0.29) is 38.8 Å². The van der Waals surface area contributed by atoms with Crippen molar-refractivity contribution in [1.82, 2.24) is 0 Å². The number of carbonyl (C=O) groups is 2. The molecule has 0 heterocycles. The second kappa shape index (κ2) is 12.0. The molecule has 1 aromatic carbocycles. The first-order chi connectivity index (χ1) is 12.0. The van der Waals surface area contributed by atoms with Crippen LogP contribution in [0.15, 0.2) is 30.9 Å². The average molecular weight is 356 g/mol. The van der Waals surface area contributed by atoms with Crippen LogP contribution >= 0.6 is 0 Å². The number of halogens is 1. The normalized spacial score (nSPS) is 10.2. The fourth-order valence-corrected chi connectivity index (χ4v) is 1.57. The number of esters is 1. The molecule has 0 spiro atoms. The van der Waals surface area contributed by atoms with E-state index in [1.165, 1.54) is 12.1 Å². The summed E-state index contributed by atoms with van der Waals surface area (Å²) in [6.07, 6.45) is 0.0630. The van der Waals surface area contributed by atoms with Crippen molar-refractivity contribution in [3.05, 3.63) is 42.2 Å². The van der Waals surface area contributed by atoms with Gasteiger partial charge < -0.3 is 23.7 Å². The summed E-state index contributed by atoms with van der Waals surface area (Å²) in [6.45, 7) is 6.04. The monoisotopic (exact) mass is 356 g/mol. The van der Waals surface area contributed by atoms with Gasteiger partial charge in [-0.1, -0.05) is 12.6 Å². The third-order valence-corrected chi connectivity index (χ3v) is 2.74. The molecule has 0 bridgehead atoms. The molecule has 0 atom stereocenters. The summed E-state index contributed by atoms with van der Waals surface area (Å²) >= 11 is 0. The smallest absolute Gasteiger partial charge is 0.460 e. The molecule has 25 heavy (non-hydrogen) atoms. The van der Waals surface area contributed by atoms with Gasteiger partial charge in [0.05, 0.1) is 26.4 Å². The molecule has 1 aromatic rings. The minimum atomic E-state index is -1.01. The van der Waals surface area contributed by atoms with Crippen LogP contribution in [-0.4, -0.2) is 51.8 Å². The highest BCUT2D eigenvalue weighted by atomic mass is 19.1. The highest BCUT2D eigenvalue weighted by Crippen LogP contribution is 2.18. The number of rotatable bonds is 11. The minimum Gasteiger partial charge on any atom is -0.460 e. The fraction of sp³-hybridized carbons (Fsp3) is 0.412. The molecule has 0 saturated heterocycles. The predicted octanol–water partition coefficient (Wildman–Crippen LogP) is 2.41. The van der Waals surface area contributed by atoms with E-state index < -0.39 is 17.9 Å². The second-order valence-corrected chi connectivity index (χ2v) is 4.73. The summed E-state index contributed by atoms with van der Waals surface area (Å²) in [6, 6.07) is 4.23. The maximum absolute atomic E-state index is 13.5. The summed E-state index contributed by atoms with van der Waals surface area (Å²) in [5.74, 6) is -1.33. The van der Waals surface area contributed by atoms with Crippen LogP contribution in [0.5, 0.6) is 5.75 Å². The quantitative estimate of drug-likeness (QED) is 0.261. The van der Waals surface area contributed by atoms with E-state index in [4.69, 9.17) is 23.7 Å². The molecule has 0 aliphatic heterocycles. The van der Waals surface area contributed by atoms with Gasteiger partial charge in [0, 0.05) is 6.08 Å². The number of hydrogen-bond donors (Lipinski definition) is 0. The summed E-state index contributed by atoms with van der Waals surface area (Å²) in [7, 11) is 0. The summed E-state index contributed by atoms with van der Waals surface area (Å²) in [4.78, 5) is 22.1. The zero-order valence-electron chi connectivity index (χ0n) is 14.0. The number of benzene rings is 1. The molecule has 0 radical (unpaired) electrons. The summed E-state index contributed by atoms with van der Waals surface area (Å²) in [5, 5.41) is 0. The van der Waals surface area contributed by atoms with Crippen LogP contribution in [0.3, 0.4) is 0 Å². The van der Waals surface area contributed by atoms with E-state index in [2.05, 4.69) is 6.58 Å². The van der Waals surface area contributed by atoms with E-state index in [1.807, 2.05) is 0 Å². The van der Waals surface area contributed by atoms with Gasteiger partial charge in [0.15, 0.2) is 11.6 Å². The maximum Gasteiger partial charge on any atom is 0.514 e. The van der Waals surface area contributed by atoms with Gasteiger partial charge in [-0.2, -0.15) is 0 Å². The van der Waals surface area contributed by atoms with Gasteiger partial charge in [0.25, 0.3) is 0 Å². The van der Waals surface area contributed by atoms with E-state index >= 15 is 0 Å². The topological polar surface area (TPSA) is 80.3 Å². The second-order valence-electron chi connectivity index (χ2n) is 4.73. The Kier molecular flexibility index (Phi) is 9.88. The van der Waals surface area contributed by atoms with Crippen molar-refractivity contribution in [2.24, 2.45) is 0 Å². The molecule has 0 aromatic heterocycles. The molecule has 0 unspecified atom stereocenters. The molecule has 0 aliphatic carbocycles. The van der Waals surface area contributed by atoms with Crippen molar-refractivity contribution in [2.75, 3.05) is 39.6 Å². The molecule has 8 heteroatoms. The van der Waals surface area contributed by atoms with E-state index in [0.717, 1.165) is 6.08 Å². The maximum atomic E-state index is 13.5. The van der Waals surface area contributed by atoms with E-state index in [1.54, 1.807) is 13.0 Å². The molecule has 7 nitrogen and oxygen atoms in total. The van der Waals surface area contributed by atoms with Crippen molar-refractivity contribution < 1.29 is 37.7 Å². The first-order valence-electron chi connectivity index (χ1n) is 7.58. The Bertz CT molecular complexity index is 574. The highest BCUT2D eigenvalue weighted by molar-refractivity contribution is 5.81. The third kappa shape index (κ3) is 9.43. The van der Waals surface area contributed by atoms with Crippen molar-refractivity contribution in [1.29, 1.82) is 0 Å². The Balaban J connectivity index is 1.99. The Morgan fingerprint density at radius 3 is 2.24 bits per heavy atom. The molecular weight excluding hydrogens is 335 g/mol. The first-order valence-corrected chi connectivity index (χ1v) is 7.58. The summed E-state index contributed by atoms with van der Waals surface area (Å²) < 4.78 is 38.0. The van der Waals surface area contributed by atoms with Crippen LogP contribution in [0.4, 0.5) is 9.18 Å². The number of ether oxygens (including phenoxy) is 5. The Morgan fingerprint density at radius 1 is 1.04 bits per heavy atom. The average Bonchev–Trinajstić information content (AvgIpc) is 2.58. The van der Waals surface area contributed by atoms with Gasteiger partial charge in [-0.25, -0.2) is 14.0 Å². The van der Waals surface area contributed by atoms with Gasteiger partial charge in [-0.05, 0) is 24.6 Å². The Morgan fingerprint density at radius 2 is 1.64 bits per heavy atom. The lowest BCUT2D eigenvalue weighted by atomic mass is 10.2. The lowest BCUT2D eigenvalue weighted by Crippen LogP contribution is -2.16. The molecule has 0 fully saturated rings. The van der Waals surface area contributed by atoms with Crippen LogP contribution in [0.1, 0.15) is 5.56 Å². The molecule has 138 valence electrons. The molecule has 1 rings (SSSR count). The summed E-state index contributed by atoms with van der Waals surface area (Å²) in [5.41, 5.74) is 0.715. The van der Waals surface area contributed by atoms with Crippen LogP contribution in [0, 0.1) is 12.7 Å². The number of carbonyl (C=O) groups excluding carboxylic acids is 2. The highest BCUT2D eigenvalue weighted by Gasteiger charge is 2.10. The van der Waals surface area contributed by atoms with Gasteiger partial charge in [-0.3, -0.25) is 0 Å². The minimum absolute atomic E-state index is 0.0384. The predicted molar refractivity (Wildman–Crippen MR) is 85.9 cm³/mol. The van der Waals surface area contributed by atoms with E-state index in [0.29, 0.717) is 12.2 Å².